The van der Waals surface area contributed by atoms with E-state index in [0.29, 0.717) is 0 Å². The van der Waals surface area contributed by atoms with Crippen molar-refractivity contribution in [3.63, 3.8) is 0 Å². The molecule has 0 unspecified atom stereocenters. The van der Waals surface area contributed by atoms with E-state index in [9.17, 15) is 0 Å². The summed E-state index contributed by atoms with van der Waals surface area (Å²) >= 11 is 1.55. The van der Waals surface area contributed by atoms with E-state index < -0.39 is 0 Å². The first-order valence-corrected chi connectivity index (χ1v) is 8.84. The normalized spacial score (nSPS) is 13.2. The summed E-state index contributed by atoms with van der Waals surface area (Å²) in [5, 5.41) is 5.46. The Balaban J connectivity index is 0.000000438. The van der Waals surface area contributed by atoms with Gasteiger partial charge in [-0.05, 0) is 6.42 Å². The van der Waals surface area contributed by atoms with Gasteiger partial charge in [0.05, 0.1) is 0 Å². The van der Waals surface area contributed by atoms with Crippen LogP contribution in [-0.4, -0.2) is 3.21 Å². The van der Waals surface area contributed by atoms with E-state index >= 15 is 0 Å². The largest absolute Gasteiger partial charge is 1.00 e. The Hall–Kier alpha value is -1.46. The molecule has 1 aliphatic carbocycles. The second-order valence-electron chi connectivity index (χ2n) is 5.82. The van der Waals surface area contributed by atoms with Gasteiger partial charge in [0.2, 0.25) is 0 Å². The Kier molecular flexibility index (Phi) is 4.74. The third kappa shape index (κ3) is 3.15. The van der Waals surface area contributed by atoms with Gasteiger partial charge in [0, 0.05) is 0 Å². The summed E-state index contributed by atoms with van der Waals surface area (Å²) in [6, 6.07) is 17.6. The van der Waals surface area contributed by atoms with Crippen LogP contribution in [0.5, 0.6) is 0 Å². The maximum Gasteiger partial charge on any atom is -1.00 e. The average Bonchev–Trinajstić information content (AvgIpc) is 3.14. The predicted octanol–water partition coefficient (Wildman–Crippen LogP) is 6.03. The van der Waals surface area contributed by atoms with E-state index in [1.807, 2.05) is 0 Å². The molecule has 1 aliphatic rings. The molecule has 0 atom stereocenters. The van der Waals surface area contributed by atoms with Gasteiger partial charge < -0.3 is 2.85 Å². The molecule has 0 nitrogen and oxygen atoms in total. The predicted molar refractivity (Wildman–Crippen MR) is 97.4 cm³/mol. The first-order chi connectivity index (χ1) is 10.7. The van der Waals surface area contributed by atoms with E-state index in [-0.39, 0.29) is 2.85 Å². The van der Waals surface area contributed by atoms with Crippen molar-refractivity contribution < 1.29 is 27.1 Å². The van der Waals surface area contributed by atoms with Crippen molar-refractivity contribution in [2.45, 2.75) is 20.3 Å². The fraction of sp³-hybridized carbons (Fsp3) is 0.143. The summed E-state index contributed by atoms with van der Waals surface area (Å²) < 4.78 is 1.51. The molecule has 110 valence electrons. The molecule has 0 saturated carbocycles. The standard InChI is InChI=1S/C18H13.C3H6.Zr.2H/c1-2-7-13(6-1)15-10-5-11-17-16-9-4-3-8-14(16)12-18(15)17;1-3-2;;;/h1-6,8-12H,7H2;1-2H3;;;/q-1;;+2;2*-1. The molecule has 0 fully saturated rings. The van der Waals surface area contributed by atoms with Gasteiger partial charge in [-0.2, -0.15) is 0 Å². The summed E-state index contributed by atoms with van der Waals surface area (Å²) in [4.78, 5) is 0. The molecule has 0 amide bonds. The molecule has 0 aromatic heterocycles. The molecule has 0 heterocycles. The fourth-order valence-electron chi connectivity index (χ4n) is 2.91. The SMILES string of the molecule is C1=CCC(c2cccc3c2[cH-]c2ccccc23)=C1.C[C](C)=[Zr+2].[H-].[H-]. The molecule has 3 aromatic rings. The third-order valence-corrected chi connectivity index (χ3v) is 3.77. The van der Waals surface area contributed by atoms with E-state index in [1.54, 1.807) is 24.2 Å². The summed E-state index contributed by atoms with van der Waals surface area (Å²) in [6.07, 6.45) is 7.65. The number of hydrogen-bond donors (Lipinski definition) is 0. The number of rotatable bonds is 1. The van der Waals surface area contributed by atoms with Crippen LogP contribution < -0.4 is 0 Å². The Morgan fingerprint density at radius 1 is 1.05 bits per heavy atom. The smallest absolute Gasteiger partial charge is 1.00 e. The van der Waals surface area contributed by atoms with Crippen molar-refractivity contribution in [2.24, 2.45) is 0 Å². The van der Waals surface area contributed by atoms with Crippen LogP contribution in [0.4, 0.5) is 0 Å². The Morgan fingerprint density at radius 2 is 1.77 bits per heavy atom. The topological polar surface area (TPSA) is 0 Å². The summed E-state index contributed by atoms with van der Waals surface area (Å²) in [7, 11) is 0. The van der Waals surface area contributed by atoms with Crippen molar-refractivity contribution in [3.05, 3.63) is 72.3 Å². The molecule has 0 saturated heterocycles. The maximum atomic E-state index is 2.32. The fourth-order valence-corrected chi connectivity index (χ4v) is 2.91. The second-order valence-corrected chi connectivity index (χ2v) is 8.28. The molecule has 0 radical (unpaired) electrons. The molecule has 4 rings (SSSR count). The summed E-state index contributed by atoms with van der Waals surface area (Å²) in [5.41, 5.74) is 2.81. The number of fused-ring (bicyclic) bond motifs is 3. The minimum absolute atomic E-state index is 0. The molecular weight excluding hydrogens is 343 g/mol. The Labute approximate surface area is 149 Å². The van der Waals surface area contributed by atoms with Crippen LogP contribution >= 0.6 is 0 Å². The van der Waals surface area contributed by atoms with Gasteiger partial charge in [-0.1, -0.05) is 65.8 Å². The van der Waals surface area contributed by atoms with E-state index in [2.05, 4.69) is 80.6 Å². The van der Waals surface area contributed by atoms with Crippen LogP contribution in [0.2, 0.25) is 0 Å². The average molecular weight is 365 g/mol. The van der Waals surface area contributed by atoms with Gasteiger partial charge in [0.15, 0.2) is 0 Å². The zero-order valence-corrected chi connectivity index (χ0v) is 15.5. The van der Waals surface area contributed by atoms with E-state index in [0.717, 1.165) is 6.42 Å². The van der Waals surface area contributed by atoms with Crippen LogP contribution in [0.15, 0.2) is 66.8 Å². The minimum Gasteiger partial charge on any atom is -1.00 e. The van der Waals surface area contributed by atoms with Gasteiger partial charge >= 0.3 is 41.3 Å². The second kappa shape index (κ2) is 6.75. The molecule has 0 aliphatic heterocycles. The molecule has 0 bridgehead atoms. The monoisotopic (exact) mass is 363 g/mol. The van der Waals surface area contributed by atoms with Gasteiger partial charge in [-0.25, -0.2) is 0 Å². The molecule has 22 heavy (non-hydrogen) atoms. The van der Waals surface area contributed by atoms with Crippen LogP contribution in [-0.2, 0) is 24.2 Å². The zero-order chi connectivity index (χ0) is 15.5. The van der Waals surface area contributed by atoms with Crippen molar-refractivity contribution >= 4 is 30.3 Å². The number of allylic oxidation sites excluding steroid dienone is 4. The molecule has 0 spiro atoms. The van der Waals surface area contributed by atoms with Crippen molar-refractivity contribution in [1.29, 1.82) is 0 Å². The van der Waals surface area contributed by atoms with Crippen molar-refractivity contribution in [3.8, 4) is 0 Å². The molecule has 3 aromatic carbocycles. The molecular formula is C21H21Zr-. The van der Waals surface area contributed by atoms with Crippen LogP contribution in [0, 0.1) is 0 Å². The van der Waals surface area contributed by atoms with Crippen LogP contribution in [0.1, 0.15) is 28.7 Å². The summed E-state index contributed by atoms with van der Waals surface area (Å²) in [6.45, 7) is 4.25. The molecule has 0 N–H and O–H groups in total. The third-order valence-electron chi connectivity index (χ3n) is 3.77. The van der Waals surface area contributed by atoms with Gasteiger partial charge in [-0.3, -0.25) is 0 Å². The first kappa shape index (κ1) is 15.4. The van der Waals surface area contributed by atoms with Crippen LogP contribution in [0.25, 0.3) is 27.1 Å². The van der Waals surface area contributed by atoms with Crippen LogP contribution in [0.3, 0.4) is 0 Å². The van der Waals surface area contributed by atoms with Gasteiger partial charge in [0.1, 0.15) is 0 Å². The zero-order valence-electron chi connectivity index (χ0n) is 15.1. The Bertz CT molecular complexity index is 896. The first-order valence-electron chi connectivity index (χ1n) is 7.62. The van der Waals surface area contributed by atoms with Gasteiger partial charge in [-0.15, -0.1) is 33.7 Å². The van der Waals surface area contributed by atoms with E-state index in [4.69, 9.17) is 0 Å². The summed E-state index contributed by atoms with van der Waals surface area (Å²) in [5.74, 6) is 0. The Morgan fingerprint density at radius 3 is 2.50 bits per heavy atom. The van der Waals surface area contributed by atoms with Crippen molar-refractivity contribution in [2.75, 3.05) is 0 Å². The minimum atomic E-state index is 0. The van der Waals surface area contributed by atoms with Gasteiger partial charge in [0.25, 0.3) is 0 Å². The number of hydrogen-bond acceptors (Lipinski definition) is 0. The van der Waals surface area contributed by atoms with Crippen molar-refractivity contribution in [1.82, 2.24) is 0 Å². The molecule has 1 heteroatoms. The number of benzene rings is 2. The van der Waals surface area contributed by atoms with E-state index in [1.165, 1.54) is 35.9 Å². The maximum absolute atomic E-state index is 2.32. The quantitative estimate of drug-likeness (QED) is 0.463.